The number of amides is 2. The number of carbonyl (C=O) groups is 2. The first-order chi connectivity index (χ1) is 21.0. The van der Waals surface area contributed by atoms with Gasteiger partial charge in [-0.1, -0.05) is 0 Å². The summed E-state index contributed by atoms with van der Waals surface area (Å²) in [5.74, 6) is 0.207. The SMILES string of the molecule is CC1CN(CC(=O)N2CCc3cc(N)ccc32)CC(C)O1.CC1CN(CC(=O)N2CCc3cc([N+](=O)[O-])ccc32)CC(C)O1. The molecule has 4 unspecified atom stereocenters. The third-order valence-corrected chi connectivity index (χ3v) is 8.48. The van der Waals surface area contributed by atoms with Crippen LogP contribution >= 0.6 is 0 Å². The number of nitrogens with two attached hydrogens (primary N) is 1. The van der Waals surface area contributed by atoms with Crippen LogP contribution in [0.25, 0.3) is 0 Å². The van der Waals surface area contributed by atoms with E-state index in [1.165, 1.54) is 11.6 Å². The van der Waals surface area contributed by atoms with Crippen LogP contribution in [-0.4, -0.2) is 103 Å². The lowest BCUT2D eigenvalue weighted by atomic mass is 10.1. The zero-order chi connectivity index (χ0) is 31.5. The van der Waals surface area contributed by atoms with E-state index in [9.17, 15) is 19.7 Å². The summed E-state index contributed by atoms with van der Waals surface area (Å²) in [4.78, 5) is 43.6. The monoisotopic (exact) mass is 608 g/mol. The molecule has 12 heteroatoms. The largest absolute Gasteiger partial charge is 0.399 e. The van der Waals surface area contributed by atoms with Crippen molar-refractivity contribution in [3.05, 3.63) is 57.6 Å². The molecule has 238 valence electrons. The molecule has 2 fully saturated rings. The molecule has 2 amide bonds. The van der Waals surface area contributed by atoms with E-state index in [4.69, 9.17) is 15.2 Å². The number of rotatable bonds is 5. The minimum atomic E-state index is -0.402. The summed E-state index contributed by atoms with van der Waals surface area (Å²) >= 11 is 0. The van der Waals surface area contributed by atoms with E-state index in [-0.39, 0.29) is 41.9 Å². The predicted molar refractivity (Wildman–Crippen MR) is 169 cm³/mol. The molecule has 44 heavy (non-hydrogen) atoms. The molecule has 6 rings (SSSR count). The molecule has 4 aliphatic rings. The van der Waals surface area contributed by atoms with Gasteiger partial charge in [-0.05, 0) is 75.9 Å². The molecular formula is C32H44N6O6. The Bertz CT molecular complexity index is 1370. The summed E-state index contributed by atoms with van der Waals surface area (Å²) in [7, 11) is 0. The number of nitro benzene ring substituents is 1. The van der Waals surface area contributed by atoms with E-state index in [1.807, 2.05) is 36.9 Å². The molecule has 0 radical (unpaired) electrons. The van der Waals surface area contributed by atoms with Crippen molar-refractivity contribution >= 4 is 34.6 Å². The first-order valence-corrected chi connectivity index (χ1v) is 15.5. The molecule has 0 saturated carbocycles. The van der Waals surface area contributed by atoms with Crippen LogP contribution in [0.15, 0.2) is 36.4 Å². The maximum atomic E-state index is 12.6. The van der Waals surface area contributed by atoms with Gasteiger partial charge in [0.1, 0.15) is 0 Å². The van der Waals surface area contributed by atoms with Crippen molar-refractivity contribution in [2.24, 2.45) is 0 Å². The van der Waals surface area contributed by atoms with Crippen molar-refractivity contribution < 1.29 is 24.0 Å². The molecule has 2 aromatic carbocycles. The molecule has 0 aromatic heterocycles. The summed E-state index contributed by atoms with van der Waals surface area (Å²) in [5.41, 5.74) is 10.5. The lowest BCUT2D eigenvalue weighted by Crippen LogP contribution is -2.49. The first-order valence-electron chi connectivity index (χ1n) is 15.5. The number of carbonyl (C=O) groups excluding carboxylic acids is 2. The van der Waals surface area contributed by atoms with Crippen LogP contribution in [0.1, 0.15) is 38.8 Å². The summed E-state index contributed by atoms with van der Waals surface area (Å²) < 4.78 is 11.4. The fourth-order valence-corrected chi connectivity index (χ4v) is 6.82. The van der Waals surface area contributed by atoms with Gasteiger partial charge in [0.2, 0.25) is 11.8 Å². The quantitative estimate of drug-likeness (QED) is 0.309. The summed E-state index contributed by atoms with van der Waals surface area (Å²) in [6, 6.07) is 10.5. The Balaban J connectivity index is 0.000000175. The molecule has 12 nitrogen and oxygen atoms in total. The lowest BCUT2D eigenvalue weighted by Gasteiger charge is -2.35. The van der Waals surface area contributed by atoms with E-state index in [0.717, 1.165) is 61.8 Å². The Labute approximate surface area is 258 Å². The maximum Gasteiger partial charge on any atom is 0.269 e. The van der Waals surface area contributed by atoms with Crippen molar-refractivity contribution in [3.63, 3.8) is 0 Å². The van der Waals surface area contributed by atoms with Gasteiger partial charge in [-0.3, -0.25) is 29.5 Å². The highest BCUT2D eigenvalue weighted by Gasteiger charge is 2.31. The van der Waals surface area contributed by atoms with E-state index >= 15 is 0 Å². The Hall–Kier alpha value is -3.58. The number of nitrogen functional groups attached to an aromatic ring is 1. The molecule has 4 atom stereocenters. The normalized spacial score (nSPS) is 25.2. The van der Waals surface area contributed by atoms with Gasteiger partial charge in [0, 0.05) is 68.5 Å². The van der Waals surface area contributed by atoms with Gasteiger partial charge >= 0.3 is 0 Å². The van der Waals surface area contributed by atoms with E-state index in [0.29, 0.717) is 26.1 Å². The molecule has 0 spiro atoms. The molecule has 2 saturated heterocycles. The second kappa shape index (κ2) is 13.6. The van der Waals surface area contributed by atoms with Gasteiger partial charge in [0.25, 0.3) is 5.69 Å². The molecule has 2 N–H and O–H groups in total. The van der Waals surface area contributed by atoms with E-state index in [1.54, 1.807) is 17.0 Å². The van der Waals surface area contributed by atoms with Crippen molar-refractivity contribution in [1.82, 2.24) is 9.80 Å². The van der Waals surface area contributed by atoms with Crippen molar-refractivity contribution in [3.8, 4) is 0 Å². The topological polar surface area (TPSA) is 135 Å². The Kier molecular flexibility index (Phi) is 9.84. The Morgan fingerprint density at radius 2 is 1.20 bits per heavy atom. The van der Waals surface area contributed by atoms with Crippen LogP contribution in [0.5, 0.6) is 0 Å². The maximum absolute atomic E-state index is 12.6. The highest BCUT2D eigenvalue weighted by Crippen LogP contribution is 2.32. The summed E-state index contributed by atoms with van der Waals surface area (Å²) in [6.07, 6.45) is 2.18. The number of hydrogen-bond donors (Lipinski definition) is 1. The molecular weight excluding hydrogens is 564 g/mol. The number of morpholine rings is 2. The smallest absolute Gasteiger partial charge is 0.269 e. The van der Waals surface area contributed by atoms with E-state index < -0.39 is 4.92 Å². The standard InChI is InChI=1S/C16H21N3O4.C16H23N3O2/c1-11-8-17(9-12(2)23-11)10-16(20)18-6-5-13-7-14(19(21)22)3-4-15(13)18;1-11-8-18(9-12(2)21-11)10-16(20)19-6-5-13-7-14(17)3-4-15(13)19/h3-4,7,11-12H,5-6,8-10H2,1-2H3;3-4,7,11-12H,5-6,8-10,17H2,1-2H3. The number of fused-ring (bicyclic) bond motifs is 2. The number of hydrogen-bond acceptors (Lipinski definition) is 9. The highest BCUT2D eigenvalue weighted by atomic mass is 16.6. The van der Waals surface area contributed by atoms with Gasteiger partial charge in [0.05, 0.1) is 42.4 Å². The van der Waals surface area contributed by atoms with Crippen LogP contribution < -0.4 is 15.5 Å². The number of nitro groups is 1. The Morgan fingerprint density at radius 3 is 1.66 bits per heavy atom. The third-order valence-electron chi connectivity index (χ3n) is 8.48. The van der Waals surface area contributed by atoms with Crippen molar-refractivity contribution in [2.75, 3.05) is 67.9 Å². The zero-order valence-corrected chi connectivity index (χ0v) is 26.1. The molecule has 2 aromatic rings. The molecule has 4 aliphatic heterocycles. The Morgan fingerprint density at radius 1 is 0.773 bits per heavy atom. The first kappa shape index (κ1) is 31.8. The zero-order valence-electron chi connectivity index (χ0n) is 26.1. The number of non-ortho nitro benzene ring substituents is 1. The van der Waals surface area contributed by atoms with Gasteiger partial charge in [-0.2, -0.15) is 0 Å². The van der Waals surface area contributed by atoms with Crippen LogP contribution in [0.4, 0.5) is 22.7 Å². The van der Waals surface area contributed by atoms with Gasteiger partial charge < -0.3 is 25.0 Å². The molecule has 0 aliphatic carbocycles. The number of ether oxygens (including phenoxy) is 2. The fraction of sp³-hybridized carbons (Fsp3) is 0.562. The van der Waals surface area contributed by atoms with Crippen molar-refractivity contribution in [1.29, 1.82) is 0 Å². The number of benzene rings is 2. The second-order valence-electron chi connectivity index (χ2n) is 12.5. The second-order valence-corrected chi connectivity index (χ2v) is 12.5. The number of anilines is 3. The highest BCUT2D eigenvalue weighted by molar-refractivity contribution is 5.97. The minimum Gasteiger partial charge on any atom is -0.399 e. The van der Waals surface area contributed by atoms with Gasteiger partial charge in [-0.15, -0.1) is 0 Å². The van der Waals surface area contributed by atoms with Crippen LogP contribution in [0.3, 0.4) is 0 Å². The van der Waals surface area contributed by atoms with Gasteiger partial charge in [0.15, 0.2) is 0 Å². The van der Waals surface area contributed by atoms with Crippen LogP contribution in [-0.2, 0) is 31.9 Å². The fourth-order valence-electron chi connectivity index (χ4n) is 6.82. The van der Waals surface area contributed by atoms with E-state index in [2.05, 4.69) is 23.6 Å². The summed E-state index contributed by atoms with van der Waals surface area (Å²) in [5, 5.41) is 10.8. The third kappa shape index (κ3) is 7.55. The average Bonchev–Trinajstić information content (AvgIpc) is 3.56. The minimum absolute atomic E-state index is 0.0407. The van der Waals surface area contributed by atoms with Gasteiger partial charge in [-0.25, -0.2) is 0 Å². The predicted octanol–water partition coefficient (Wildman–Crippen LogP) is 2.86. The summed E-state index contributed by atoms with van der Waals surface area (Å²) in [6.45, 7) is 13.4. The lowest BCUT2D eigenvalue weighted by molar-refractivity contribution is -0.384. The molecule has 4 heterocycles. The average molecular weight is 609 g/mol. The van der Waals surface area contributed by atoms with Crippen LogP contribution in [0.2, 0.25) is 0 Å². The molecule has 0 bridgehead atoms. The van der Waals surface area contributed by atoms with Crippen LogP contribution in [0, 0.1) is 10.1 Å². The van der Waals surface area contributed by atoms with Crippen molar-refractivity contribution in [2.45, 2.75) is 65.0 Å². The number of nitrogens with zero attached hydrogens (tertiary/aromatic N) is 5.